The molecule has 0 spiro atoms. The molecule has 1 aliphatic rings. The van der Waals surface area contributed by atoms with Gasteiger partial charge in [0.2, 0.25) is 0 Å². The van der Waals surface area contributed by atoms with Gasteiger partial charge in [0.05, 0.1) is 10.4 Å². The van der Waals surface area contributed by atoms with Crippen molar-refractivity contribution in [3.8, 4) is 0 Å². The SMILES string of the molecule is Cc1nn(C)cc1S(=O)(=O)C(C)(C)C1CCN(C(=O)OC(C)(C)C)CC1. The summed E-state index contributed by atoms with van der Waals surface area (Å²) < 4.78 is 32.5. The number of aryl methyl sites for hydroxylation is 2. The molecule has 148 valence electrons. The molecule has 7 nitrogen and oxygen atoms in total. The lowest BCUT2D eigenvalue weighted by Gasteiger charge is -2.40. The highest BCUT2D eigenvalue weighted by molar-refractivity contribution is 7.92. The van der Waals surface area contributed by atoms with E-state index in [0.717, 1.165) is 0 Å². The van der Waals surface area contributed by atoms with Crippen LogP contribution in [-0.2, 0) is 21.6 Å². The van der Waals surface area contributed by atoms with E-state index in [0.29, 0.717) is 36.5 Å². The van der Waals surface area contributed by atoms with Gasteiger partial charge < -0.3 is 9.64 Å². The van der Waals surface area contributed by atoms with E-state index in [1.165, 1.54) is 4.68 Å². The van der Waals surface area contributed by atoms with Crippen LogP contribution in [0.3, 0.4) is 0 Å². The molecule has 1 amide bonds. The monoisotopic (exact) mass is 385 g/mol. The molecule has 0 bridgehead atoms. The van der Waals surface area contributed by atoms with Crippen molar-refractivity contribution in [2.45, 2.75) is 69.6 Å². The molecule has 0 saturated carbocycles. The largest absolute Gasteiger partial charge is 0.444 e. The second kappa shape index (κ2) is 6.87. The molecule has 0 aromatic carbocycles. The zero-order chi connectivity index (χ0) is 19.9. The number of carbonyl (C=O) groups excluding carboxylic acids is 1. The number of piperidine rings is 1. The molecule has 0 N–H and O–H groups in total. The van der Waals surface area contributed by atoms with E-state index in [1.54, 1.807) is 38.9 Å². The Bertz CT molecular complexity index is 767. The van der Waals surface area contributed by atoms with Crippen LogP contribution in [0.5, 0.6) is 0 Å². The van der Waals surface area contributed by atoms with Crippen LogP contribution in [0.15, 0.2) is 11.1 Å². The van der Waals surface area contributed by atoms with Crippen LogP contribution in [0, 0.1) is 12.8 Å². The van der Waals surface area contributed by atoms with Crippen LogP contribution in [0.2, 0.25) is 0 Å². The lowest BCUT2D eigenvalue weighted by atomic mass is 9.86. The number of hydrogen-bond donors (Lipinski definition) is 0. The number of sulfone groups is 1. The molecule has 2 rings (SSSR count). The average Bonchev–Trinajstić information content (AvgIpc) is 2.84. The third kappa shape index (κ3) is 4.05. The quantitative estimate of drug-likeness (QED) is 0.799. The molecule has 1 fully saturated rings. The first-order chi connectivity index (χ1) is 11.8. The van der Waals surface area contributed by atoms with Crippen LogP contribution in [0.1, 0.15) is 53.2 Å². The summed E-state index contributed by atoms with van der Waals surface area (Å²) in [5, 5.41) is 4.17. The topological polar surface area (TPSA) is 81.5 Å². The Labute approximate surface area is 156 Å². The molecular formula is C18H31N3O4S. The first kappa shape index (κ1) is 20.7. The summed E-state index contributed by atoms with van der Waals surface area (Å²) in [6.07, 6.45) is 2.50. The Kier molecular flexibility index (Phi) is 5.48. The summed E-state index contributed by atoms with van der Waals surface area (Å²) in [6, 6.07) is 0. The molecule has 1 aliphatic heterocycles. The van der Waals surface area contributed by atoms with Gasteiger partial charge in [0.1, 0.15) is 10.5 Å². The zero-order valence-corrected chi connectivity index (χ0v) is 17.7. The van der Waals surface area contributed by atoms with Gasteiger partial charge in [-0.3, -0.25) is 4.68 Å². The highest BCUT2D eigenvalue weighted by Gasteiger charge is 2.45. The van der Waals surface area contributed by atoms with Crippen molar-refractivity contribution in [3.63, 3.8) is 0 Å². The first-order valence-electron chi connectivity index (χ1n) is 8.98. The molecule has 8 heteroatoms. The van der Waals surface area contributed by atoms with Gasteiger partial charge in [0.25, 0.3) is 0 Å². The van der Waals surface area contributed by atoms with Crippen molar-refractivity contribution < 1.29 is 17.9 Å². The van der Waals surface area contributed by atoms with E-state index in [9.17, 15) is 13.2 Å². The van der Waals surface area contributed by atoms with Crippen LogP contribution < -0.4 is 0 Å². The summed E-state index contributed by atoms with van der Waals surface area (Å²) >= 11 is 0. The number of likely N-dealkylation sites (tertiary alicyclic amines) is 1. The van der Waals surface area contributed by atoms with Gasteiger partial charge in [0, 0.05) is 26.3 Å². The van der Waals surface area contributed by atoms with Crippen molar-refractivity contribution in [1.82, 2.24) is 14.7 Å². The first-order valence-corrected chi connectivity index (χ1v) is 10.5. The molecule has 1 aromatic rings. The highest BCUT2D eigenvalue weighted by atomic mass is 32.2. The molecule has 0 atom stereocenters. The van der Waals surface area contributed by atoms with Gasteiger partial charge in [-0.05, 0) is 60.3 Å². The number of rotatable bonds is 3. The van der Waals surface area contributed by atoms with Crippen LogP contribution in [0.25, 0.3) is 0 Å². The third-order valence-corrected chi connectivity index (χ3v) is 7.78. The summed E-state index contributed by atoms with van der Waals surface area (Å²) in [5.41, 5.74) is -0.0132. The van der Waals surface area contributed by atoms with Crippen LogP contribution in [-0.4, -0.2) is 52.6 Å². The van der Waals surface area contributed by atoms with E-state index in [-0.39, 0.29) is 12.0 Å². The van der Waals surface area contributed by atoms with Crippen LogP contribution >= 0.6 is 0 Å². The molecule has 1 aromatic heterocycles. The van der Waals surface area contributed by atoms with Crippen molar-refractivity contribution in [2.24, 2.45) is 13.0 Å². The fraction of sp³-hybridized carbons (Fsp3) is 0.778. The van der Waals surface area contributed by atoms with E-state index < -0.39 is 20.2 Å². The highest BCUT2D eigenvalue weighted by Crippen LogP contribution is 2.38. The number of amides is 1. The number of aromatic nitrogens is 2. The lowest BCUT2D eigenvalue weighted by molar-refractivity contribution is 0.0172. The van der Waals surface area contributed by atoms with Crippen molar-refractivity contribution in [3.05, 3.63) is 11.9 Å². The van der Waals surface area contributed by atoms with Crippen molar-refractivity contribution in [2.75, 3.05) is 13.1 Å². The minimum atomic E-state index is -3.53. The molecule has 1 saturated heterocycles. The maximum Gasteiger partial charge on any atom is 0.410 e. The second-order valence-corrected chi connectivity index (χ2v) is 11.1. The van der Waals surface area contributed by atoms with E-state index in [1.807, 2.05) is 20.8 Å². The normalized spacial score (nSPS) is 17.4. The molecule has 2 heterocycles. The van der Waals surface area contributed by atoms with Gasteiger partial charge in [-0.1, -0.05) is 0 Å². The van der Waals surface area contributed by atoms with E-state index >= 15 is 0 Å². The standard InChI is InChI=1S/C18H31N3O4S/c1-13-15(12-20(7)19-13)26(23,24)18(5,6)14-8-10-21(11-9-14)16(22)25-17(2,3)4/h12,14H,8-11H2,1-7H3. The van der Waals surface area contributed by atoms with E-state index in [2.05, 4.69) is 5.10 Å². The molecule has 0 unspecified atom stereocenters. The summed E-state index contributed by atoms with van der Waals surface area (Å²) in [6.45, 7) is 11.8. The maximum absolute atomic E-state index is 13.2. The predicted octanol–water partition coefficient (Wildman–Crippen LogP) is 2.93. The Morgan fingerprint density at radius 3 is 2.15 bits per heavy atom. The molecular weight excluding hydrogens is 354 g/mol. The molecule has 0 radical (unpaired) electrons. The average molecular weight is 386 g/mol. The second-order valence-electron chi connectivity index (χ2n) is 8.60. The summed E-state index contributed by atoms with van der Waals surface area (Å²) in [7, 11) is -1.81. The predicted molar refractivity (Wildman–Crippen MR) is 99.7 cm³/mol. The fourth-order valence-corrected chi connectivity index (χ4v) is 5.39. The number of nitrogens with zero attached hydrogens (tertiary/aromatic N) is 3. The Balaban J connectivity index is 2.12. The minimum absolute atomic E-state index is 0.0363. The number of ether oxygens (including phenoxy) is 1. The maximum atomic E-state index is 13.2. The third-order valence-electron chi connectivity index (χ3n) is 5.08. The molecule has 0 aliphatic carbocycles. The van der Waals surface area contributed by atoms with Crippen molar-refractivity contribution in [1.29, 1.82) is 0 Å². The van der Waals surface area contributed by atoms with Gasteiger partial charge in [-0.25, -0.2) is 13.2 Å². The zero-order valence-electron chi connectivity index (χ0n) is 16.9. The van der Waals surface area contributed by atoms with Crippen molar-refractivity contribution >= 4 is 15.9 Å². The van der Waals surface area contributed by atoms with Gasteiger partial charge in [-0.15, -0.1) is 0 Å². The number of carbonyl (C=O) groups is 1. The van der Waals surface area contributed by atoms with Gasteiger partial charge in [-0.2, -0.15) is 5.10 Å². The van der Waals surface area contributed by atoms with E-state index in [4.69, 9.17) is 4.74 Å². The Hall–Kier alpha value is -1.57. The fourth-order valence-electron chi connectivity index (χ4n) is 3.43. The Morgan fingerprint density at radius 2 is 1.73 bits per heavy atom. The smallest absolute Gasteiger partial charge is 0.410 e. The van der Waals surface area contributed by atoms with Gasteiger partial charge in [0.15, 0.2) is 9.84 Å². The summed E-state index contributed by atoms with van der Waals surface area (Å²) in [5.74, 6) is -0.0363. The number of hydrogen-bond acceptors (Lipinski definition) is 5. The Morgan fingerprint density at radius 1 is 1.19 bits per heavy atom. The lowest BCUT2D eigenvalue weighted by Crippen LogP contribution is -2.48. The van der Waals surface area contributed by atoms with Gasteiger partial charge >= 0.3 is 6.09 Å². The summed E-state index contributed by atoms with van der Waals surface area (Å²) in [4.78, 5) is 14.2. The minimum Gasteiger partial charge on any atom is -0.444 e. The van der Waals surface area contributed by atoms with Crippen LogP contribution in [0.4, 0.5) is 4.79 Å². The molecule has 26 heavy (non-hydrogen) atoms.